The van der Waals surface area contributed by atoms with Crippen molar-refractivity contribution < 1.29 is 17.9 Å². The molecule has 1 fully saturated rings. The van der Waals surface area contributed by atoms with Gasteiger partial charge in [-0.25, -0.2) is 4.98 Å². The average Bonchev–Trinajstić information content (AvgIpc) is 2.49. The van der Waals surface area contributed by atoms with Crippen molar-refractivity contribution in [1.29, 1.82) is 0 Å². The van der Waals surface area contributed by atoms with Crippen molar-refractivity contribution >= 4 is 0 Å². The van der Waals surface area contributed by atoms with Crippen LogP contribution in [0.1, 0.15) is 31.9 Å². The lowest BCUT2D eigenvalue weighted by Gasteiger charge is -2.32. The molecule has 144 valence electrons. The van der Waals surface area contributed by atoms with E-state index >= 15 is 0 Å². The fourth-order valence-corrected chi connectivity index (χ4v) is 2.22. The summed E-state index contributed by atoms with van der Waals surface area (Å²) in [6, 6.07) is 1.07. The van der Waals surface area contributed by atoms with Crippen LogP contribution in [-0.2, 0) is 6.18 Å². The number of hydrogen-bond acceptors (Lipinski definition) is 4. The molecule has 4 nitrogen and oxygen atoms in total. The van der Waals surface area contributed by atoms with Crippen LogP contribution in [0.2, 0.25) is 0 Å². The minimum atomic E-state index is -4.44. The van der Waals surface area contributed by atoms with Gasteiger partial charge in [0.25, 0.3) is 0 Å². The minimum Gasteiger partial charge on any atom is -0.476 e. The Labute approximate surface area is 149 Å². The average molecular weight is 361 g/mol. The van der Waals surface area contributed by atoms with Gasteiger partial charge >= 0.3 is 6.18 Å². The minimum absolute atomic E-state index is 0.211. The first-order chi connectivity index (χ1) is 11.6. The van der Waals surface area contributed by atoms with Gasteiger partial charge in [0, 0.05) is 38.9 Å². The maximum atomic E-state index is 12.9. The third-order valence-corrected chi connectivity index (χ3v) is 3.54. The van der Waals surface area contributed by atoms with Crippen molar-refractivity contribution in [3.63, 3.8) is 0 Å². The van der Waals surface area contributed by atoms with Crippen molar-refractivity contribution in [2.75, 3.05) is 46.4 Å². The second kappa shape index (κ2) is 9.97. The van der Waals surface area contributed by atoms with Crippen molar-refractivity contribution in [2.24, 2.45) is 5.92 Å². The highest BCUT2D eigenvalue weighted by Gasteiger charge is 2.35. The quantitative estimate of drug-likeness (QED) is 0.818. The van der Waals surface area contributed by atoms with Crippen LogP contribution in [0.4, 0.5) is 13.2 Å². The van der Waals surface area contributed by atoms with Crippen LogP contribution in [0.15, 0.2) is 12.3 Å². The highest BCUT2D eigenvalue weighted by Crippen LogP contribution is 2.35. The summed E-state index contributed by atoms with van der Waals surface area (Å²) in [7, 11) is 2.06. The Morgan fingerprint density at radius 3 is 2.24 bits per heavy atom. The van der Waals surface area contributed by atoms with E-state index in [4.69, 9.17) is 4.74 Å². The second-order valence-corrected chi connectivity index (χ2v) is 7.09. The Hall–Kier alpha value is -1.34. The van der Waals surface area contributed by atoms with Gasteiger partial charge < -0.3 is 9.64 Å². The van der Waals surface area contributed by atoms with E-state index in [1.165, 1.54) is 6.20 Å². The molecule has 0 unspecified atom stereocenters. The predicted octanol–water partition coefficient (Wildman–Crippen LogP) is 3.70. The number of aromatic nitrogens is 1. The summed E-state index contributed by atoms with van der Waals surface area (Å²) in [5, 5.41) is 0. The number of alkyl halides is 3. The number of halogens is 3. The van der Waals surface area contributed by atoms with E-state index < -0.39 is 11.7 Å². The Morgan fingerprint density at radius 1 is 1.16 bits per heavy atom. The summed E-state index contributed by atoms with van der Waals surface area (Å²) in [6.45, 7) is 12.7. The first-order valence-corrected chi connectivity index (χ1v) is 8.67. The van der Waals surface area contributed by atoms with E-state index in [-0.39, 0.29) is 12.5 Å². The third kappa shape index (κ3) is 8.54. The molecule has 2 rings (SSSR count). The van der Waals surface area contributed by atoms with Crippen LogP contribution in [0, 0.1) is 12.8 Å². The zero-order valence-corrected chi connectivity index (χ0v) is 15.9. The molecule has 2 heterocycles. The molecule has 25 heavy (non-hydrogen) atoms. The van der Waals surface area contributed by atoms with Gasteiger partial charge in [0.2, 0.25) is 5.88 Å². The van der Waals surface area contributed by atoms with E-state index in [1.54, 1.807) is 6.92 Å². The van der Waals surface area contributed by atoms with E-state index in [1.807, 2.05) is 0 Å². The molecule has 0 aromatic carbocycles. The molecule has 0 radical (unpaired) electrons. The number of aryl methyl sites for hydroxylation is 1. The summed E-state index contributed by atoms with van der Waals surface area (Å²) in [5.41, 5.74) is -0.338. The van der Waals surface area contributed by atoms with E-state index in [0.29, 0.717) is 12.1 Å². The van der Waals surface area contributed by atoms with Gasteiger partial charge in [-0.15, -0.1) is 0 Å². The van der Waals surface area contributed by atoms with Crippen molar-refractivity contribution in [3.8, 4) is 5.88 Å². The van der Waals surface area contributed by atoms with Crippen LogP contribution in [0.5, 0.6) is 5.88 Å². The zero-order valence-electron chi connectivity index (χ0n) is 15.9. The van der Waals surface area contributed by atoms with E-state index in [0.717, 1.165) is 38.2 Å². The van der Waals surface area contributed by atoms with Crippen LogP contribution < -0.4 is 4.74 Å². The van der Waals surface area contributed by atoms with Gasteiger partial charge in [-0.2, -0.15) is 13.2 Å². The Kier molecular flexibility index (Phi) is 8.65. The molecule has 0 spiro atoms. The van der Waals surface area contributed by atoms with Gasteiger partial charge in [0.15, 0.2) is 0 Å². The number of pyridine rings is 1. The fourth-order valence-electron chi connectivity index (χ4n) is 2.22. The summed E-state index contributed by atoms with van der Waals surface area (Å²) in [5.74, 6) is 0.502. The molecule has 7 heteroatoms. The lowest BCUT2D eigenvalue weighted by Crippen LogP contribution is -2.45. The molecular weight excluding hydrogens is 331 g/mol. The Bertz CT molecular complexity index is 510. The normalized spacial score (nSPS) is 16.5. The van der Waals surface area contributed by atoms with Crippen LogP contribution in [-0.4, -0.2) is 61.2 Å². The Morgan fingerprint density at radius 2 is 1.72 bits per heavy atom. The topological polar surface area (TPSA) is 28.6 Å². The summed E-state index contributed by atoms with van der Waals surface area (Å²) >= 11 is 0. The molecule has 1 aliphatic heterocycles. The highest BCUT2D eigenvalue weighted by atomic mass is 19.4. The SMILES string of the molecule is CC(C)C.Cc1cnc(OCCN2CCN(C)CC2)c(C(F)(F)F)c1. The molecular formula is C18H30F3N3O. The van der Waals surface area contributed by atoms with E-state index in [2.05, 4.69) is 42.6 Å². The molecule has 1 aromatic rings. The van der Waals surface area contributed by atoms with Crippen LogP contribution >= 0.6 is 0 Å². The highest BCUT2D eigenvalue weighted by molar-refractivity contribution is 5.31. The number of ether oxygens (including phenoxy) is 1. The van der Waals surface area contributed by atoms with Gasteiger partial charge in [-0.05, 0) is 31.5 Å². The first-order valence-electron chi connectivity index (χ1n) is 8.67. The molecule has 1 aliphatic rings. The Balaban J connectivity index is 0.000000705. The number of piperazine rings is 1. The van der Waals surface area contributed by atoms with Gasteiger partial charge in [0.05, 0.1) is 0 Å². The lowest BCUT2D eigenvalue weighted by atomic mass is 10.2. The van der Waals surface area contributed by atoms with Crippen molar-refractivity contribution in [1.82, 2.24) is 14.8 Å². The molecule has 0 amide bonds. The number of likely N-dealkylation sites (N-methyl/N-ethyl adjacent to an activating group) is 1. The number of nitrogens with zero attached hydrogens (tertiary/aromatic N) is 3. The van der Waals surface area contributed by atoms with Gasteiger partial charge in [0.1, 0.15) is 12.2 Å². The van der Waals surface area contributed by atoms with Crippen LogP contribution in [0.3, 0.4) is 0 Å². The van der Waals surface area contributed by atoms with Gasteiger partial charge in [-0.1, -0.05) is 20.8 Å². The smallest absolute Gasteiger partial charge is 0.421 e. The second-order valence-electron chi connectivity index (χ2n) is 7.09. The standard InChI is InChI=1S/C14H20F3N3O.C4H10/c1-11-9-12(14(15,16)17)13(18-10-11)21-8-7-20-5-3-19(2)4-6-20;1-4(2)3/h9-10H,3-8H2,1-2H3;4H,1-3H3. The molecule has 0 saturated carbocycles. The molecule has 1 saturated heterocycles. The zero-order chi connectivity index (χ0) is 19.0. The summed E-state index contributed by atoms with van der Waals surface area (Å²) in [4.78, 5) is 8.18. The molecule has 1 aromatic heterocycles. The third-order valence-electron chi connectivity index (χ3n) is 3.54. The summed E-state index contributed by atoms with van der Waals surface area (Å²) < 4.78 is 44.0. The molecule has 0 aliphatic carbocycles. The molecule has 0 N–H and O–H groups in total. The largest absolute Gasteiger partial charge is 0.476 e. The summed E-state index contributed by atoms with van der Waals surface area (Å²) in [6.07, 6.45) is -3.05. The van der Waals surface area contributed by atoms with Gasteiger partial charge in [-0.3, -0.25) is 4.90 Å². The fraction of sp³-hybridized carbons (Fsp3) is 0.722. The monoisotopic (exact) mass is 361 g/mol. The van der Waals surface area contributed by atoms with Crippen LogP contribution in [0.25, 0.3) is 0 Å². The van der Waals surface area contributed by atoms with Crippen molar-refractivity contribution in [2.45, 2.75) is 33.9 Å². The maximum Gasteiger partial charge on any atom is 0.421 e. The number of hydrogen-bond donors (Lipinski definition) is 0. The lowest BCUT2D eigenvalue weighted by molar-refractivity contribution is -0.139. The predicted molar refractivity (Wildman–Crippen MR) is 93.9 cm³/mol. The molecule has 0 atom stereocenters. The first kappa shape index (κ1) is 21.7. The molecule has 0 bridgehead atoms. The van der Waals surface area contributed by atoms with E-state index in [9.17, 15) is 13.2 Å². The number of rotatable bonds is 4. The maximum absolute atomic E-state index is 12.9. The van der Waals surface area contributed by atoms with Crippen molar-refractivity contribution in [3.05, 3.63) is 23.4 Å².